The van der Waals surface area contributed by atoms with E-state index in [4.69, 9.17) is 4.74 Å². The number of fused-ring (bicyclic) bond motifs is 1. The highest BCUT2D eigenvalue weighted by molar-refractivity contribution is 6.07. The number of rotatable bonds is 8. The Hall–Kier alpha value is -3.75. The molecule has 2 aromatic carbocycles. The van der Waals surface area contributed by atoms with Crippen molar-refractivity contribution in [3.05, 3.63) is 89.7 Å². The van der Waals surface area contributed by atoms with E-state index in [1.807, 2.05) is 32.2 Å². The van der Waals surface area contributed by atoms with E-state index in [9.17, 15) is 14.7 Å². The number of nitrogens with one attached hydrogen (secondary N) is 1. The monoisotopic (exact) mass is 502 g/mol. The van der Waals surface area contributed by atoms with Crippen LogP contribution in [0.25, 0.3) is 0 Å². The highest BCUT2D eigenvalue weighted by Crippen LogP contribution is 2.35. The van der Waals surface area contributed by atoms with Crippen LogP contribution in [-0.2, 0) is 6.54 Å². The summed E-state index contributed by atoms with van der Waals surface area (Å²) in [6.45, 7) is 5.53. The number of aliphatic hydroxyl groups excluding tert-OH is 1. The zero-order valence-corrected chi connectivity index (χ0v) is 21.5. The number of hydrogen-bond donors (Lipinski definition) is 2. The van der Waals surface area contributed by atoms with Gasteiger partial charge in [0.15, 0.2) is 5.75 Å². The van der Waals surface area contributed by atoms with Crippen LogP contribution in [0.1, 0.15) is 40.1 Å². The van der Waals surface area contributed by atoms with Gasteiger partial charge in [-0.3, -0.25) is 19.5 Å². The molecule has 0 saturated heterocycles. The van der Waals surface area contributed by atoms with E-state index in [0.29, 0.717) is 35.7 Å². The predicted molar refractivity (Wildman–Crippen MR) is 143 cm³/mol. The van der Waals surface area contributed by atoms with Gasteiger partial charge < -0.3 is 20.1 Å². The lowest BCUT2D eigenvalue weighted by atomic mass is 9.98. The van der Waals surface area contributed by atoms with Gasteiger partial charge in [0.25, 0.3) is 11.8 Å². The van der Waals surface area contributed by atoms with Crippen molar-refractivity contribution in [2.24, 2.45) is 5.92 Å². The average Bonchev–Trinajstić information content (AvgIpc) is 2.91. The van der Waals surface area contributed by atoms with E-state index < -0.39 is 0 Å². The molecular weight excluding hydrogens is 468 g/mol. The molecule has 2 heterocycles. The Morgan fingerprint density at radius 2 is 1.89 bits per heavy atom. The van der Waals surface area contributed by atoms with Crippen LogP contribution in [0.5, 0.6) is 5.75 Å². The largest absolute Gasteiger partial charge is 0.486 e. The second-order valence-corrected chi connectivity index (χ2v) is 9.68. The summed E-state index contributed by atoms with van der Waals surface area (Å²) >= 11 is 0. The van der Waals surface area contributed by atoms with Crippen LogP contribution < -0.4 is 10.1 Å². The third-order valence-corrected chi connectivity index (χ3v) is 6.67. The molecule has 0 fully saturated rings. The molecule has 2 N–H and O–H groups in total. The van der Waals surface area contributed by atoms with E-state index in [1.165, 1.54) is 5.56 Å². The number of pyridine rings is 1. The molecule has 37 heavy (non-hydrogen) atoms. The first-order chi connectivity index (χ1) is 17.9. The van der Waals surface area contributed by atoms with Gasteiger partial charge in [-0.15, -0.1) is 0 Å². The number of likely N-dealkylation sites (N-methyl/N-ethyl adjacent to an activating group) is 1. The van der Waals surface area contributed by atoms with E-state index in [-0.39, 0.29) is 36.5 Å². The quantitative estimate of drug-likeness (QED) is 0.488. The number of para-hydroxylation sites is 1. The van der Waals surface area contributed by atoms with Gasteiger partial charge in [-0.05, 0) is 43.8 Å². The Bertz CT molecular complexity index is 1210. The molecule has 1 aromatic heterocycles. The normalized spacial score (nSPS) is 18.4. The van der Waals surface area contributed by atoms with Gasteiger partial charge >= 0.3 is 0 Å². The summed E-state index contributed by atoms with van der Waals surface area (Å²) < 4.78 is 6.58. The lowest BCUT2D eigenvalue weighted by Crippen LogP contribution is -2.49. The molecule has 8 heteroatoms. The number of carbonyl (C=O) groups excluding carboxylic acids is 2. The number of benzene rings is 2. The molecule has 1 aliphatic heterocycles. The van der Waals surface area contributed by atoms with E-state index in [2.05, 4.69) is 34.3 Å². The van der Waals surface area contributed by atoms with Gasteiger partial charge in [0, 0.05) is 43.5 Å². The highest BCUT2D eigenvalue weighted by Gasteiger charge is 2.34. The number of carbonyl (C=O) groups is 2. The third-order valence-electron chi connectivity index (χ3n) is 6.67. The lowest BCUT2D eigenvalue weighted by molar-refractivity contribution is 0.0343. The third kappa shape index (κ3) is 6.34. The fourth-order valence-corrected chi connectivity index (χ4v) is 4.52. The maximum atomic E-state index is 13.6. The molecule has 0 bridgehead atoms. The van der Waals surface area contributed by atoms with E-state index in [0.717, 1.165) is 6.54 Å². The van der Waals surface area contributed by atoms with Gasteiger partial charge in [-0.2, -0.15) is 0 Å². The summed E-state index contributed by atoms with van der Waals surface area (Å²) in [5.41, 5.74) is 2.43. The molecule has 4 rings (SSSR count). The molecule has 3 atom stereocenters. The number of ether oxygens (including phenoxy) is 1. The van der Waals surface area contributed by atoms with Crippen LogP contribution >= 0.6 is 0 Å². The minimum Gasteiger partial charge on any atom is -0.486 e. The SMILES string of the molecule is C[C@H]1CN([C@@H](C)CO)C(=O)c2cccc(NC(=O)c3ccncc3)c2O[C@H]1CN(C)Cc1ccccc1. The fraction of sp³-hybridized carbons (Fsp3) is 0.345. The smallest absolute Gasteiger partial charge is 0.258 e. The lowest BCUT2D eigenvalue weighted by Gasteiger charge is -2.38. The van der Waals surface area contributed by atoms with Crippen LogP contribution in [-0.4, -0.2) is 70.6 Å². The van der Waals surface area contributed by atoms with Crippen molar-refractivity contribution < 1.29 is 19.4 Å². The van der Waals surface area contributed by atoms with Crippen LogP contribution in [0.3, 0.4) is 0 Å². The second kappa shape index (κ2) is 12.0. The Morgan fingerprint density at radius 3 is 2.59 bits per heavy atom. The van der Waals surface area contributed by atoms with E-state index in [1.54, 1.807) is 47.6 Å². The van der Waals surface area contributed by atoms with Gasteiger partial charge in [0.2, 0.25) is 0 Å². The summed E-state index contributed by atoms with van der Waals surface area (Å²) in [5.74, 6) is -0.247. The predicted octanol–water partition coefficient (Wildman–Crippen LogP) is 3.69. The number of aromatic nitrogens is 1. The topological polar surface area (TPSA) is 95.0 Å². The molecule has 0 unspecified atom stereocenters. The van der Waals surface area contributed by atoms with Gasteiger partial charge in [-0.25, -0.2) is 0 Å². The molecule has 8 nitrogen and oxygen atoms in total. The van der Waals surface area contributed by atoms with Crippen molar-refractivity contribution in [1.82, 2.24) is 14.8 Å². The molecular formula is C29H34N4O4. The molecule has 3 aromatic rings. The summed E-state index contributed by atoms with van der Waals surface area (Å²) in [6, 6.07) is 18.3. The first-order valence-corrected chi connectivity index (χ1v) is 12.5. The molecule has 1 aliphatic rings. The van der Waals surface area contributed by atoms with Crippen LogP contribution in [0.4, 0.5) is 5.69 Å². The average molecular weight is 503 g/mol. The zero-order chi connectivity index (χ0) is 26.4. The number of nitrogens with zero attached hydrogens (tertiary/aromatic N) is 3. The first-order valence-electron chi connectivity index (χ1n) is 12.5. The summed E-state index contributed by atoms with van der Waals surface area (Å²) in [5, 5.41) is 12.8. The van der Waals surface area contributed by atoms with Gasteiger partial charge in [0.1, 0.15) is 6.10 Å². The summed E-state index contributed by atoms with van der Waals surface area (Å²) in [7, 11) is 2.04. The van der Waals surface area contributed by atoms with Crippen molar-refractivity contribution in [3.8, 4) is 5.75 Å². The standard InChI is InChI=1S/C29H34N4O4/c1-20-16-33(21(2)19-34)29(36)24-10-7-11-25(31-28(35)23-12-14-30-15-13-23)27(24)37-26(20)18-32(3)17-22-8-5-4-6-9-22/h4-15,20-21,26,34H,16-19H2,1-3H3,(H,31,35)/t20-,21-,26-/m0/s1. The van der Waals surface area contributed by atoms with Crippen LogP contribution in [0, 0.1) is 5.92 Å². The maximum Gasteiger partial charge on any atom is 0.258 e. The van der Waals surface area contributed by atoms with Crippen molar-refractivity contribution in [2.75, 3.05) is 32.1 Å². The van der Waals surface area contributed by atoms with Crippen molar-refractivity contribution >= 4 is 17.5 Å². The summed E-state index contributed by atoms with van der Waals surface area (Å²) in [4.78, 5) is 34.4. The highest BCUT2D eigenvalue weighted by atomic mass is 16.5. The molecule has 0 aliphatic carbocycles. The second-order valence-electron chi connectivity index (χ2n) is 9.68. The zero-order valence-electron chi connectivity index (χ0n) is 21.5. The number of amides is 2. The van der Waals surface area contributed by atoms with Gasteiger partial charge in [0.05, 0.1) is 23.9 Å². The van der Waals surface area contributed by atoms with Crippen molar-refractivity contribution in [1.29, 1.82) is 0 Å². The molecule has 0 saturated carbocycles. The molecule has 0 radical (unpaired) electrons. The fourth-order valence-electron chi connectivity index (χ4n) is 4.52. The molecule has 2 amide bonds. The Morgan fingerprint density at radius 1 is 1.16 bits per heavy atom. The van der Waals surface area contributed by atoms with Crippen molar-refractivity contribution in [2.45, 2.75) is 32.5 Å². The minimum absolute atomic E-state index is 0.0340. The number of hydrogen-bond acceptors (Lipinski definition) is 6. The maximum absolute atomic E-state index is 13.6. The Balaban J connectivity index is 1.67. The van der Waals surface area contributed by atoms with Crippen molar-refractivity contribution in [3.63, 3.8) is 0 Å². The minimum atomic E-state index is -0.362. The Labute approximate surface area is 217 Å². The number of anilines is 1. The van der Waals surface area contributed by atoms with E-state index >= 15 is 0 Å². The molecule has 194 valence electrons. The van der Waals surface area contributed by atoms with Crippen LogP contribution in [0.2, 0.25) is 0 Å². The molecule has 0 spiro atoms. The van der Waals surface area contributed by atoms with Gasteiger partial charge in [-0.1, -0.05) is 43.3 Å². The summed E-state index contributed by atoms with van der Waals surface area (Å²) in [6.07, 6.45) is 2.84. The van der Waals surface area contributed by atoms with Crippen LogP contribution in [0.15, 0.2) is 73.1 Å². The number of aliphatic hydroxyl groups is 1. The Kier molecular flexibility index (Phi) is 8.53. The first kappa shape index (κ1) is 26.3.